The van der Waals surface area contributed by atoms with Crippen LogP contribution in [-0.4, -0.2) is 60.1 Å². The maximum Gasteiger partial charge on any atom is 0.159 e. The average molecular weight is 263 g/mol. The summed E-state index contributed by atoms with van der Waals surface area (Å²) >= 11 is 0. The molecule has 2 heterocycles. The van der Waals surface area contributed by atoms with Gasteiger partial charge in [0.25, 0.3) is 0 Å². The van der Waals surface area contributed by atoms with E-state index in [1.54, 1.807) is 19.2 Å². The third-order valence-corrected chi connectivity index (χ3v) is 3.48. The van der Waals surface area contributed by atoms with Crippen LogP contribution < -0.4 is 4.90 Å². The molecule has 1 N–H and O–H groups in total. The van der Waals surface area contributed by atoms with Crippen LogP contribution >= 0.6 is 0 Å². The number of β-amino-alcohol motifs (C(OH)–C–C–N with tert-alkyl or cyclic N) is 1. The zero-order valence-electron chi connectivity index (χ0n) is 11.4. The van der Waals surface area contributed by atoms with Gasteiger partial charge in [-0.1, -0.05) is 0 Å². The summed E-state index contributed by atoms with van der Waals surface area (Å²) in [6, 6.07) is 3.62. The van der Waals surface area contributed by atoms with E-state index >= 15 is 0 Å². The third-order valence-electron chi connectivity index (χ3n) is 3.48. The molecule has 0 saturated carbocycles. The van der Waals surface area contributed by atoms with E-state index in [0.29, 0.717) is 5.56 Å². The van der Waals surface area contributed by atoms with Gasteiger partial charge in [-0.3, -0.25) is 9.69 Å². The van der Waals surface area contributed by atoms with E-state index in [1.165, 1.54) is 0 Å². The molecule has 0 atom stereocenters. The fourth-order valence-electron chi connectivity index (χ4n) is 2.38. The van der Waals surface area contributed by atoms with Crippen molar-refractivity contribution in [3.05, 3.63) is 23.9 Å². The second kappa shape index (κ2) is 6.63. The minimum atomic E-state index is 0.0698. The van der Waals surface area contributed by atoms with Crippen LogP contribution in [0, 0.1) is 0 Å². The molecule has 0 aromatic carbocycles. The lowest BCUT2D eigenvalue weighted by atomic mass is 10.2. The van der Waals surface area contributed by atoms with Gasteiger partial charge < -0.3 is 10.0 Å². The molecule has 1 aliphatic rings. The fourth-order valence-corrected chi connectivity index (χ4v) is 2.38. The number of anilines is 1. The number of pyridine rings is 1. The Morgan fingerprint density at radius 1 is 1.37 bits per heavy atom. The van der Waals surface area contributed by atoms with Gasteiger partial charge in [0, 0.05) is 37.9 Å². The molecule has 0 amide bonds. The number of Topliss-reactive ketones (excluding diaryl/α,β-unsaturated/α-hetero) is 1. The van der Waals surface area contributed by atoms with Crippen molar-refractivity contribution < 1.29 is 9.90 Å². The Balaban J connectivity index is 2.05. The summed E-state index contributed by atoms with van der Waals surface area (Å²) in [7, 11) is 0. The van der Waals surface area contributed by atoms with Crippen molar-refractivity contribution in [2.75, 3.05) is 44.2 Å². The van der Waals surface area contributed by atoms with Gasteiger partial charge >= 0.3 is 0 Å². The molecular weight excluding hydrogens is 242 g/mol. The van der Waals surface area contributed by atoms with E-state index in [2.05, 4.69) is 14.8 Å². The largest absolute Gasteiger partial charge is 0.395 e. The van der Waals surface area contributed by atoms with Crippen LogP contribution in [0.25, 0.3) is 0 Å². The molecule has 1 aromatic rings. The fraction of sp³-hybridized carbons (Fsp3) is 0.571. The first kappa shape index (κ1) is 14.0. The molecule has 0 aliphatic carbocycles. The summed E-state index contributed by atoms with van der Waals surface area (Å²) in [6.45, 7) is 6.26. The zero-order chi connectivity index (χ0) is 13.7. The SMILES string of the molecule is CC(=O)c1ccnc(N2CCCN(CCO)CC2)c1. The highest BCUT2D eigenvalue weighted by molar-refractivity contribution is 5.94. The maximum absolute atomic E-state index is 11.4. The topological polar surface area (TPSA) is 56.7 Å². The lowest BCUT2D eigenvalue weighted by Crippen LogP contribution is -2.32. The number of hydrogen-bond acceptors (Lipinski definition) is 5. The van der Waals surface area contributed by atoms with E-state index in [9.17, 15) is 4.79 Å². The van der Waals surface area contributed by atoms with E-state index in [0.717, 1.165) is 45.0 Å². The minimum absolute atomic E-state index is 0.0698. The number of aromatic nitrogens is 1. The molecule has 5 nitrogen and oxygen atoms in total. The van der Waals surface area contributed by atoms with E-state index in [1.807, 2.05) is 6.07 Å². The molecule has 1 aliphatic heterocycles. The molecular formula is C14H21N3O2. The summed E-state index contributed by atoms with van der Waals surface area (Å²) in [5.41, 5.74) is 0.710. The van der Waals surface area contributed by atoms with Gasteiger partial charge in [0.1, 0.15) is 5.82 Å². The van der Waals surface area contributed by atoms with Gasteiger partial charge in [0.05, 0.1) is 6.61 Å². The molecule has 2 rings (SSSR count). The number of hydrogen-bond donors (Lipinski definition) is 1. The predicted octanol–water partition coefficient (Wildman–Crippen LogP) is 0.789. The first-order valence-corrected chi connectivity index (χ1v) is 6.76. The summed E-state index contributed by atoms with van der Waals surface area (Å²) in [5.74, 6) is 0.943. The second-order valence-corrected chi connectivity index (χ2v) is 4.86. The summed E-state index contributed by atoms with van der Waals surface area (Å²) in [5, 5.41) is 8.99. The Bertz CT molecular complexity index is 436. The Morgan fingerprint density at radius 3 is 2.95 bits per heavy atom. The second-order valence-electron chi connectivity index (χ2n) is 4.86. The van der Waals surface area contributed by atoms with E-state index < -0.39 is 0 Å². The van der Waals surface area contributed by atoms with Gasteiger partial charge in [-0.25, -0.2) is 4.98 Å². The minimum Gasteiger partial charge on any atom is -0.395 e. The lowest BCUT2D eigenvalue weighted by Gasteiger charge is -2.22. The van der Waals surface area contributed by atoms with Crippen molar-refractivity contribution in [1.82, 2.24) is 9.88 Å². The van der Waals surface area contributed by atoms with Gasteiger partial charge in [-0.15, -0.1) is 0 Å². The molecule has 1 saturated heterocycles. The van der Waals surface area contributed by atoms with Crippen LogP contribution in [-0.2, 0) is 0 Å². The van der Waals surface area contributed by atoms with Crippen LogP contribution in [0.15, 0.2) is 18.3 Å². The Labute approximate surface area is 113 Å². The number of carbonyl (C=O) groups is 1. The van der Waals surface area contributed by atoms with Crippen LogP contribution in [0.5, 0.6) is 0 Å². The van der Waals surface area contributed by atoms with Crippen molar-refractivity contribution in [2.45, 2.75) is 13.3 Å². The van der Waals surface area contributed by atoms with Crippen LogP contribution in [0.1, 0.15) is 23.7 Å². The van der Waals surface area contributed by atoms with Crippen LogP contribution in [0.3, 0.4) is 0 Å². The van der Waals surface area contributed by atoms with Gasteiger partial charge in [-0.2, -0.15) is 0 Å². The highest BCUT2D eigenvalue weighted by Gasteiger charge is 2.16. The number of aliphatic hydroxyl groups is 1. The quantitative estimate of drug-likeness (QED) is 0.814. The molecule has 0 radical (unpaired) electrons. The van der Waals surface area contributed by atoms with Crippen LogP contribution in [0.2, 0.25) is 0 Å². The lowest BCUT2D eigenvalue weighted by molar-refractivity contribution is 0.101. The smallest absolute Gasteiger partial charge is 0.159 e. The monoisotopic (exact) mass is 263 g/mol. The highest BCUT2D eigenvalue weighted by atomic mass is 16.3. The molecule has 1 fully saturated rings. The average Bonchev–Trinajstić information content (AvgIpc) is 2.65. The normalized spacial score (nSPS) is 17.3. The molecule has 0 unspecified atom stereocenters. The number of ketones is 1. The van der Waals surface area contributed by atoms with Crippen molar-refractivity contribution in [3.63, 3.8) is 0 Å². The Morgan fingerprint density at radius 2 is 2.21 bits per heavy atom. The van der Waals surface area contributed by atoms with Gasteiger partial charge in [0.2, 0.25) is 0 Å². The first-order valence-electron chi connectivity index (χ1n) is 6.76. The molecule has 1 aromatic heterocycles. The first-order chi connectivity index (χ1) is 9.20. The molecule has 104 valence electrons. The standard InChI is InChI=1S/C14H21N3O2/c1-12(19)13-3-4-15-14(11-13)17-6-2-5-16(7-8-17)9-10-18/h3-4,11,18H,2,5-10H2,1H3. The van der Waals surface area contributed by atoms with Crippen molar-refractivity contribution in [1.29, 1.82) is 0 Å². The van der Waals surface area contributed by atoms with E-state index in [-0.39, 0.29) is 12.4 Å². The van der Waals surface area contributed by atoms with Gasteiger partial charge in [-0.05, 0) is 32.0 Å². The van der Waals surface area contributed by atoms with Crippen LogP contribution in [0.4, 0.5) is 5.82 Å². The van der Waals surface area contributed by atoms with E-state index in [4.69, 9.17) is 5.11 Å². The molecule has 0 spiro atoms. The maximum atomic E-state index is 11.4. The van der Waals surface area contributed by atoms with Crippen molar-refractivity contribution in [2.24, 2.45) is 0 Å². The van der Waals surface area contributed by atoms with Crippen molar-refractivity contribution >= 4 is 11.6 Å². The third kappa shape index (κ3) is 3.75. The number of carbonyl (C=O) groups excluding carboxylic acids is 1. The summed E-state index contributed by atoms with van der Waals surface area (Å²) in [6.07, 6.45) is 2.74. The number of aliphatic hydroxyl groups excluding tert-OH is 1. The zero-order valence-corrected chi connectivity index (χ0v) is 11.4. The molecule has 0 bridgehead atoms. The Hall–Kier alpha value is -1.46. The number of nitrogens with zero attached hydrogens (tertiary/aromatic N) is 3. The summed E-state index contributed by atoms with van der Waals surface area (Å²) < 4.78 is 0. The Kier molecular flexibility index (Phi) is 4.87. The predicted molar refractivity (Wildman–Crippen MR) is 74.6 cm³/mol. The molecule has 5 heteroatoms. The highest BCUT2D eigenvalue weighted by Crippen LogP contribution is 2.15. The van der Waals surface area contributed by atoms with Gasteiger partial charge in [0.15, 0.2) is 5.78 Å². The number of rotatable bonds is 4. The molecule has 19 heavy (non-hydrogen) atoms. The van der Waals surface area contributed by atoms with Crippen molar-refractivity contribution in [3.8, 4) is 0 Å². The summed E-state index contributed by atoms with van der Waals surface area (Å²) in [4.78, 5) is 20.2.